The predicted molar refractivity (Wildman–Crippen MR) is 153 cm³/mol. The molecule has 1 aromatic carbocycles. The summed E-state index contributed by atoms with van der Waals surface area (Å²) in [5.74, 6) is 0.938. The van der Waals surface area contributed by atoms with E-state index in [1.54, 1.807) is 0 Å². The lowest BCUT2D eigenvalue weighted by molar-refractivity contribution is -0.157. The Bertz CT molecular complexity index is 1360. The molecule has 3 aromatic rings. The Balaban J connectivity index is 1.45. The normalized spacial score (nSPS) is 13.0. The second kappa shape index (κ2) is 14.0. The number of esters is 1. The Kier molecular flexibility index (Phi) is 11.0. The van der Waals surface area contributed by atoms with E-state index in [1.807, 2.05) is 13.8 Å². The number of aromatic nitrogens is 1. The van der Waals surface area contributed by atoms with Crippen molar-refractivity contribution in [1.29, 1.82) is 0 Å². The topological polar surface area (TPSA) is 78.6 Å². The van der Waals surface area contributed by atoms with Crippen molar-refractivity contribution in [3.05, 3.63) is 58.7 Å². The molecule has 0 aliphatic heterocycles. The van der Waals surface area contributed by atoms with Gasteiger partial charge in [0.25, 0.3) is 0 Å². The van der Waals surface area contributed by atoms with E-state index in [2.05, 4.69) is 25.8 Å². The molecule has 0 N–H and O–H groups in total. The number of alkyl halides is 3. The number of ether oxygens (including phenoxy) is 2. The van der Waals surface area contributed by atoms with Gasteiger partial charge in [0.2, 0.25) is 0 Å². The molecular weight excluding hydrogens is 535 g/mol. The van der Waals surface area contributed by atoms with Crippen molar-refractivity contribution in [2.45, 2.75) is 79.3 Å². The van der Waals surface area contributed by atoms with E-state index in [4.69, 9.17) is 13.9 Å². The first kappa shape index (κ1) is 32.2. The number of carbonyl (C=O) groups excluding carboxylic acids is 1. The number of hydrogen-bond donors (Lipinski definition) is 0. The summed E-state index contributed by atoms with van der Waals surface area (Å²) in [5.41, 5.74) is -1.78. The fourth-order valence-electron chi connectivity index (χ4n) is 4.66. The molecule has 2 heterocycles. The van der Waals surface area contributed by atoms with Crippen LogP contribution in [0.15, 0.2) is 51.9 Å². The fraction of sp³-hybridized carbons (Fsp3) is 0.531. The van der Waals surface area contributed by atoms with E-state index in [9.17, 15) is 22.8 Å². The first-order valence-corrected chi connectivity index (χ1v) is 14.2. The molecule has 224 valence electrons. The van der Waals surface area contributed by atoms with Crippen molar-refractivity contribution >= 4 is 16.9 Å². The Morgan fingerprint density at radius 2 is 1.66 bits per heavy atom. The molecule has 0 amide bonds. The fourth-order valence-corrected chi connectivity index (χ4v) is 4.66. The number of carbonyl (C=O) groups is 1. The van der Waals surface area contributed by atoms with Gasteiger partial charge in [0.15, 0.2) is 11.3 Å². The number of hydrogen-bond acceptors (Lipinski definition) is 6. The SMILES string of the molecule is CC(C)CC(C)C(C)(C)C(=O)OCCCCCCCOc1cncc2cc(-c3cccc(C(F)(F)F)c3)c(=O)oc12. The van der Waals surface area contributed by atoms with Crippen molar-refractivity contribution in [3.63, 3.8) is 0 Å². The van der Waals surface area contributed by atoms with Crippen LogP contribution >= 0.6 is 0 Å². The molecule has 9 heteroatoms. The molecule has 0 radical (unpaired) electrons. The number of rotatable bonds is 14. The number of nitrogens with zero attached hydrogens (tertiary/aromatic N) is 1. The molecule has 0 fully saturated rings. The van der Waals surface area contributed by atoms with Gasteiger partial charge in [-0.1, -0.05) is 52.2 Å². The molecule has 0 spiro atoms. The highest BCUT2D eigenvalue weighted by Crippen LogP contribution is 2.34. The molecule has 0 bridgehead atoms. The Morgan fingerprint density at radius 1 is 0.976 bits per heavy atom. The Labute approximate surface area is 239 Å². The molecule has 41 heavy (non-hydrogen) atoms. The van der Waals surface area contributed by atoms with E-state index in [0.29, 0.717) is 30.3 Å². The van der Waals surface area contributed by atoms with E-state index in [-0.39, 0.29) is 28.6 Å². The summed E-state index contributed by atoms with van der Waals surface area (Å²) in [4.78, 5) is 29.3. The average molecular weight is 576 g/mol. The van der Waals surface area contributed by atoms with Gasteiger partial charge < -0.3 is 13.9 Å². The predicted octanol–water partition coefficient (Wildman–Crippen LogP) is 8.45. The van der Waals surface area contributed by atoms with Gasteiger partial charge in [-0.25, -0.2) is 4.79 Å². The summed E-state index contributed by atoms with van der Waals surface area (Å²) < 4.78 is 56.2. The minimum absolute atomic E-state index is 0.0156. The van der Waals surface area contributed by atoms with Gasteiger partial charge in [-0.05, 0) is 68.7 Å². The van der Waals surface area contributed by atoms with Crippen LogP contribution < -0.4 is 10.4 Å². The van der Waals surface area contributed by atoms with Gasteiger partial charge in [0.1, 0.15) is 0 Å². The van der Waals surface area contributed by atoms with Crippen LogP contribution in [0.25, 0.3) is 22.1 Å². The maximum absolute atomic E-state index is 13.1. The van der Waals surface area contributed by atoms with Crippen LogP contribution in [0.2, 0.25) is 0 Å². The van der Waals surface area contributed by atoms with Gasteiger partial charge in [0, 0.05) is 11.6 Å². The van der Waals surface area contributed by atoms with Crippen LogP contribution in [-0.4, -0.2) is 24.2 Å². The second-order valence-electron chi connectivity index (χ2n) is 11.6. The molecule has 1 atom stereocenters. The van der Waals surface area contributed by atoms with E-state index < -0.39 is 22.8 Å². The number of fused-ring (bicyclic) bond motifs is 1. The number of pyridine rings is 1. The average Bonchev–Trinajstić information content (AvgIpc) is 2.91. The van der Waals surface area contributed by atoms with Gasteiger partial charge in [-0.2, -0.15) is 13.2 Å². The van der Waals surface area contributed by atoms with Crippen molar-refractivity contribution in [2.24, 2.45) is 17.3 Å². The van der Waals surface area contributed by atoms with Gasteiger partial charge in [-0.3, -0.25) is 9.78 Å². The summed E-state index contributed by atoms with van der Waals surface area (Å²) in [7, 11) is 0. The molecular formula is C32H40F3NO5. The van der Waals surface area contributed by atoms with Gasteiger partial charge in [0.05, 0.1) is 36.0 Å². The molecule has 1 unspecified atom stereocenters. The molecule has 0 saturated heterocycles. The van der Waals surface area contributed by atoms with Crippen LogP contribution in [0.3, 0.4) is 0 Å². The summed E-state index contributed by atoms with van der Waals surface area (Å²) >= 11 is 0. The molecule has 0 aliphatic carbocycles. The molecule has 2 aromatic heterocycles. The van der Waals surface area contributed by atoms with Crippen LogP contribution in [0.4, 0.5) is 13.2 Å². The summed E-state index contributed by atoms with van der Waals surface area (Å²) in [5, 5.41) is 0.450. The highest BCUT2D eigenvalue weighted by Gasteiger charge is 2.35. The summed E-state index contributed by atoms with van der Waals surface area (Å²) in [6.45, 7) is 11.1. The zero-order valence-electron chi connectivity index (χ0n) is 24.5. The lowest BCUT2D eigenvalue weighted by Gasteiger charge is -2.30. The second-order valence-corrected chi connectivity index (χ2v) is 11.6. The van der Waals surface area contributed by atoms with Crippen molar-refractivity contribution in [2.75, 3.05) is 13.2 Å². The van der Waals surface area contributed by atoms with Crippen molar-refractivity contribution < 1.29 is 31.9 Å². The lowest BCUT2D eigenvalue weighted by atomic mass is 9.76. The van der Waals surface area contributed by atoms with E-state index in [0.717, 1.165) is 50.7 Å². The van der Waals surface area contributed by atoms with Gasteiger partial charge in [-0.15, -0.1) is 0 Å². The molecule has 0 saturated carbocycles. The van der Waals surface area contributed by atoms with E-state index in [1.165, 1.54) is 30.6 Å². The highest BCUT2D eigenvalue weighted by atomic mass is 19.4. The molecule has 0 aliphatic rings. The standard InChI is InChI=1S/C32H40F3NO5/c1-21(2)16-22(3)31(4,5)30(38)40-15-10-8-6-7-9-14-39-27-20-36-19-24-18-26(29(37)41-28(24)27)23-12-11-13-25(17-23)32(33,34)35/h11-13,17-22H,6-10,14-16H2,1-5H3. The zero-order valence-corrected chi connectivity index (χ0v) is 24.5. The van der Waals surface area contributed by atoms with Crippen LogP contribution in [-0.2, 0) is 15.7 Å². The molecule has 6 nitrogen and oxygen atoms in total. The number of unbranched alkanes of at least 4 members (excludes halogenated alkanes) is 4. The third-order valence-electron chi connectivity index (χ3n) is 7.47. The smallest absolute Gasteiger partial charge is 0.416 e. The monoisotopic (exact) mass is 575 g/mol. The number of halogens is 3. The quantitative estimate of drug-likeness (QED) is 0.142. The van der Waals surface area contributed by atoms with Crippen LogP contribution in [0.5, 0.6) is 5.75 Å². The first-order valence-electron chi connectivity index (χ1n) is 14.2. The lowest BCUT2D eigenvalue weighted by Crippen LogP contribution is -2.34. The summed E-state index contributed by atoms with van der Waals surface area (Å²) in [6.07, 6.45) is 3.74. The first-order chi connectivity index (χ1) is 19.3. The maximum Gasteiger partial charge on any atom is 0.416 e. The van der Waals surface area contributed by atoms with E-state index >= 15 is 0 Å². The van der Waals surface area contributed by atoms with Crippen molar-refractivity contribution in [1.82, 2.24) is 4.98 Å². The van der Waals surface area contributed by atoms with Crippen molar-refractivity contribution in [3.8, 4) is 16.9 Å². The third-order valence-corrected chi connectivity index (χ3v) is 7.47. The maximum atomic E-state index is 13.1. The Morgan fingerprint density at radius 3 is 2.34 bits per heavy atom. The highest BCUT2D eigenvalue weighted by molar-refractivity contribution is 5.85. The third kappa shape index (κ3) is 8.81. The summed E-state index contributed by atoms with van der Waals surface area (Å²) in [6, 6.07) is 6.02. The van der Waals surface area contributed by atoms with Gasteiger partial charge >= 0.3 is 17.8 Å². The van der Waals surface area contributed by atoms with Crippen LogP contribution in [0, 0.1) is 17.3 Å². The largest absolute Gasteiger partial charge is 0.488 e. The zero-order chi connectivity index (χ0) is 30.2. The number of benzene rings is 1. The Hall–Kier alpha value is -3.36. The minimum atomic E-state index is -4.52. The van der Waals surface area contributed by atoms with Crippen LogP contribution in [0.1, 0.15) is 78.7 Å². The minimum Gasteiger partial charge on any atom is -0.488 e. The molecule has 3 rings (SSSR count).